The van der Waals surface area contributed by atoms with Gasteiger partial charge >= 0.3 is 0 Å². The predicted octanol–water partition coefficient (Wildman–Crippen LogP) is 1.53. The van der Waals surface area contributed by atoms with E-state index in [1.807, 2.05) is 18.2 Å². The van der Waals surface area contributed by atoms with Crippen LogP contribution in [0.2, 0.25) is 0 Å². The molecule has 1 aromatic heterocycles. The summed E-state index contributed by atoms with van der Waals surface area (Å²) in [4.78, 5) is 16.0. The molecular formula is C12H13N3OS. The van der Waals surface area contributed by atoms with Crippen LogP contribution in [0.1, 0.15) is 20.2 Å². The smallest absolute Gasteiger partial charge is 0.276 e. The number of carbonyl (C=O) groups excluding carboxylic acids is 1. The highest BCUT2D eigenvalue weighted by atomic mass is 32.1. The molecule has 0 fully saturated rings. The Morgan fingerprint density at radius 3 is 2.76 bits per heavy atom. The van der Waals surface area contributed by atoms with E-state index in [1.165, 1.54) is 16.9 Å². The maximum atomic E-state index is 11.2. The molecule has 0 aliphatic heterocycles. The third-order valence-electron chi connectivity index (χ3n) is 2.38. The minimum atomic E-state index is -0.284. The van der Waals surface area contributed by atoms with E-state index in [-0.39, 0.29) is 5.91 Å². The van der Waals surface area contributed by atoms with Crippen molar-refractivity contribution in [2.24, 2.45) is 5.84 Å². The van der Waals surface area contributed by atoms with Crippen molar-refractivity contribution in [2.45, 2.75) is 12.8 Å². The summed E-state index contributed by atoms with van der Waals surface area (Å²) in [5.41, 5.74) is 3.37. The third kappa shape index (κ3) is 3.12. The van der Waals surface area contributed by atoms with Gasteiger partial charge in [0.1, 0.15) is 4.88 Å². The Morgan fingerprint density at radius 1 is 1.29 bits per heavy atom. The Morgan fingerprint density at radius 2 is 2.06 bits per heavy atom. The number of aromatic nitrogens is 1. The van der Waals surface area contributed by atoms with E-state index in [4.69, 9.17) is 5.84 Å². The van der Waals surface area contributed by atoms with Gasteiger partial charge in [0.25, 0.3) is 5.91 Å². The number of nitrogens with one attached hydrogen (secondary N) is 1. The summed E-state index contributed by atoms with van der Waals surface area (Å²) < 4.78 is 0. The molecule has 88 valence electrons. The minimum Gasteiger partial charge on any atom is -0.289 e. The lowest BCUT2D eigenvalue weighted by Crippen LogP contribution is -2.29. The van der Waals surface area contributed by atoms with Gasteiger partial charge in [-0.05, 0) is 12.0 Å². The molecule has 0 bridgehead atoms. The SMILES string of the molecule is NNC(=O)c1cnc(CCc2ccccc2)s1. The van der Waals surface area contributed by atoms with Crippen molar-refractivity contribution in [2.75, 3.05) is 0 Å². The fraction of sp³-hybridized carbons (Fsp3) is 0.167. The maximum Gasteiger partial charge on any atom is 0.276 e. The first-order valence-corrected chi connectivity index (χ1v) is 6.11. The average Bonchev–Trinajstić information content (AvgIpc) is 2.85. The lowest BCUT2D eigenvalue weighted by atomic mass is 10.1. The van der Waals surface area contributed by atoms with E-state index in [0.717, 1.165) is 17.8 Å². The number of aryl methyl sites for hydroxylation is 2. The zero-order valence-electron chi connectivity index (χ0n) is 9.22. The fourth-order valence-electron chi connectivity index (χ4n) is 1.50. The Hall–Kier alpha value is -1.72. The van der Waals surface area contributed by atoms with Gasteiger partial charge in [-0.15, -0.1) is 11.3 Å². The average molecular weight is 247 g/mol. The molecule has 0 atom stereocenters. The molecule has 17 heavy (non-hydrogen) atoms. The largest absolute Gasteiger partial charge is 0.289 e. The van der Waals surface area contributed by atoms with Crippen LogP contribution in [-0.4, -0.2) is 10.9 Å². The van der Waals surface area contributed by atoms with Crippen molar-refractivity contribution in [3.63, 3.8) is 0 Å². The summed E-state index contributed by atoms with van der Waals surface area (Å²) in [5, 5.41) is 0.951. The first-order chi connectivity index (χ1) is 8.29. The third-order valence-corrected chi connectivity index (χ3v) is 3.43. The molecule has 0 saturated heterocycles. The van der Waals surface area contributed by atoms with Gasteiger partial charge in [0, 0.05) is 6.42 Å². The molecule has 2 aromatic rings. The number of hydrazine groups is 1. The van der Waals surface area contributed by atoms with Crippen LogP contribution in [0.3, 0.4) is 0 Å². The van der Waals surface area contributed by atoms with E-state index in [0.29, 0.717) is 4.88 Å². The monoisotopic (exact) mass is 247 g/mol. The summed E-state index contributed by atoms with van der Waals surface area (Å²) in [7, 11) is 0. The summed E-state index contributed by atoms with van der Waals surface area (Å²) in [6.07, 6.45) is 3.33. The number of thiazole rings is 1. The lowest BCUT2D eigenvalue weighted by molar-refractivity contribution is 0.0957. The van der Waals surface area contributed by atoms with E-state index >= 15 is 0 Å². The quantitative estimate of drug-likeness (QED) is 0.489. The second-order valence-corrected chi connectivity index (χ2v) is 4.69. The fourth-order valence-corrected chi connectivity index (χ4v) is 2.32. The van der Waals surface area contributed by atoms with Crippen LogP contribution in [0, 0.1) is 0 Å². The standard InChI is InChI=1S/C12H13N3OS/c13-15-12(16)10-8-14-11(17-10)7-6-9-4-2-1-3-5-9/h1-5,8H,6-7,13H2,(H,15,16). The molecule has 0 saturated carbocycles. The Balaban J connectivity index is 1.96. The van der Waals surface area contributed by atoms with Gasteiger partial charge in [-0.1, -0.05) is 30.3 Å². The van der Waals surface area contributed by atoms with Crippen molar-refractivity contribution in [3.05, 3.63) is 52.0 Å². The van der Waals surface area contributed by atoms with Gasteiger partial charge in [-0.3, -0.25) is 10.2 Å². The van der Waals surface area contributed by atoms with E-state index in [2.05, 4.69) is 22.5 Å². The second-order valence-electron chi connectivity index (χ2n) is 3.58. The molecule has 0 aliphatic carbocycles. The number of hydrogen-bond donors (Lipinski definition) is 2. The van der Waals surface area contributed by atoms with Crippen LogP contribution in [0.15, 0.2) is 36.5 Å². The van der Waals surface area contributed by atoms with Crippen LogP contribution < -0.4 is 11.3 Å². The number of benzene rings is 1. The maximum absolute atomic E-state index is 11.2. The molecule has 1 amide bonds. The molecule has 0 aliphatic rings. The van der Waals surface area contributed by atoms with Crippen LogP contribution >= 0.6 is 11.3 Å². The van der Waals surface area contributed by atoms with Crippen molar-refractivity contribution in [3.8, 4) is 0 Å². The highest BCUT2D eigenvalue weighted by Gasteiger charge is 2.08. The first-order valence-electron chi connectivity index (χ1n) is 5.29. The lowest BCUT2D eigenvalue weighted by Gasteiger charge is -1.97. The topological polar surface area (TPSA) is 68.0 Å². The number of nitrogen functional groups attached to an aromatic ring is 1. The summed E-state index contributed by atoms with van der Waals surface area (Å²) in [6.45, 7) is 0. The molecule has 1 aromatic carbocycles. The van der Waals surface area contributed by atoms with Crippen LogP contribution in [0.25, 0.3) is 0 Å². The molecule has 0 unspecified atom stereocenters. The first kappa shape index (κ1) is 11.8. The van der Waals surface area contributed by atoms with Crippen molar-refractivity contribution >= 4 is 17.2 Å². The van der Waals surface area contributed by atoms with Crippen LogP contribution in [0.5, 0.6) is 0 Å². The summed E-state index contributed by atoms with van der Waals surface area (Å²) >= 11 is 1.38. The molecule has 4 nitrogen and oxygen atoms in total. The molecule has 0 radical (unpaired) electrons. The zero-order valence-corrected chi connectivity index (χ0v) is 10.0. The van der Waals surface area contributed by atoms with Crippen LogP contribution in [0.4, 0.5) is 0 Å². The number of hydrogen-bond acceptors (Lipinski definition) is 4. The van der Waals surface area contributed by atoms with Gasteiger partial charge in [0.2, 0.25) is 0 Å². The number of nitrogens with zero attached hydrogens (tertiary/aromatic N) is 1. The normalized spacial score (nSPS) is 10.2. The van der Waals surface area contributed by atoms with Gasteiger partial charge in [-0.25, -0.2) is 10.8 Å². The summed E-state index contributed by atoms with van der Waals surface area (Å²) in [5.74, 6) is 4.77. The van der Waals surface area contributed by atoms with E-state index < -0.39 is 0 Å². The number of carbonyl (C=O) groups is 1. The highest BCUT2D eigenvalue weighted by Crippen LogP contribution is 2.15. The number of rotatable bonds is 4. The van der Waals surface area contributed by atoms with Gasteiger partial charge < -0.3 is 0 Å². The highest BCUT2D eigenvalue weighted by molar-refractivity contribution is 7.13. The Kier molecular flexibility index (Phi) is 3.85. The van der Waals surface area contributed by atoms with E-state index in [1.54, 1.807) is 6.20 Å². The second kappa shape index (κ2) is 5.56. The van der Waals surface area contributed by atoms with Crippen LogP contribution in [-0.2, 0) is 12.8 Å². The van der Waals surface area contributed by atoms with Gasteiger partial charge in [0.05, 0.1) is 11.2 Å². The van der Waals surface area contributed by atoms with E-state index in [9.17, 15) is 4.79 Å². The summed E-state index contributed by atoms with van der Waals surface area (Å²) in [6, 6.07) is 10.2. The number of amides is 1. The minimum absolute atomic E-state index is 0.284. The van der Waals surface area contributed by atoms with Gasteiger partial charge in [-0.2, -0.15) is 0 Å². The van der Waals surface area contributed by atoms with Crippen molar-refractivity contribution in [1.29, 1.82) is 0 Å². The van der Waals surface area contributed by atoms with Crippen molar-refractivity contribution in [1.82, 2.24) is 10.4 Å². The molecule has 1 heterocycles. The van der Waals surface area contributed by atoms with Gasteiger partial charge in [0.15, 0.2) is 0 Å². The Labute approximate surface area is 103 Å². The van der Waals surface area contributed by atoms with Crippen molar-refractivity contribution < 1.29 is 4.79 Å². The molecule has 3 N–H and O–H groups in total. The zero-order chi connectivity index (χ0) is 12.1. The molecular weight excluding hydrogens is 234 g/mol. The number of nitrogens with two attached hydrogens (primary N) is 1. The Bertz CT molecular complexity index is 495. The molecule has 5 heteroatoms. The predicted molar refractivity (Wildman–Crippen MR) is 67.6 cm³/mol. The molecule has 0 spiro atoms. The molecule has 2 rings (SSSR count).